The van der Waals surface area contributed by atoms with Crippen molar-refractivity contribution in [2.24, 2.45) is 0 Å². The van der Waals surface area contributed by atoms with Gasteiger partial charge < -0.3 is 15.0 Å². The molecule has 4 aromatic rings. The molecule has 0 aliphatic carbocycles. The fraction of sp³-hybridized carbons (Fsp3) is 0.0870. The molecule has 0 bridgehead atoms. The number of aryl methyl sites for hydroxylation is 1. The van der Waals surface area contributed by atoms with Gasteiger partial charge in [-0.05, 0) is 67.2 Å². The minimum Gasteiger partial charge on any atom is -0.495 e. The predicted octanol–water partition coefficient (Wildman–Crippen LogP) is 5.98. The number of halogens is 2. The van der Waals surface area contributed by atoms with Crippen LogP contribution in [0.25, 0.3) is 22.4 Å². The molecule has 0 spiro atoms. The molecule has 0 saturated carbocycles. The van der Waals surface area contributed by atoms with Gasteiger partial charge in [-0.25, -0.2) is 4.98 Å². The maximum absolute atomic E-state index is 12.5. The van der Waals surface area contributed by atoms with Crippen LogP contribution in [-0.4, -0.2) is 28.1 Å². The first-order chi connectivity index (χ1) is 15.3. The molecular weight excluding hydrogens is 467 g/mol. The number of imidazole rings is 1. The van der Waals surface area contributed by atoms with Gasteiger partial charge in [0.15, 0.2) is 5.11 Å². The molecule has 4 rings (SSSR count). The van der Waals surface area contributed by atoms with E-state index in [0.29, 0.717) is 32.9 Å². The van der Waals surface area contributed by atoms with Crippen LogP contribution < -0.4 is 15.4 Å². The highest BCUT2D eigenvalue weighted by atomic mass is 35.5. The third-order valence-corrected chi connectivity index (χ3v) is 5.70. The van der Waals surface area contributed by atoms with Crippen molar-refractivity contribution >= 4 is 63.2 Å². The van der Waals surface area contributed by atoms with Crippen LogP contribution in [-0.2, 0) is 0 Å². The molecule has 1 heterocycles. The summed E-state index contributed by atoms with van der Waals surface area (Å²) in [7, 11) is 1.51. The largest absolute Gasteiger partial charge is 0.495 e. The van der Waals surface area contributed by atoms with Crippen LogP contribution in [0.4, 0.5) is 5.69 Å². The first kappa shape index (κ1) is 22.1. The van der Waals surface area contributed by atoms with Crippen molar-refractivity contribution in [2.75, 3.05) is 12.4 Å². The number of thiocarbonyl (C=S) groups is 1. The average Bonchev–Trinajstić information content (AvgIpc) is 3.16. The number of nitrogens with one attached hydrogen (secondary N) is 3. The number of amides is 1. The van der Waals surface area contributed by atoms with Crippen LogP contribution in [0, 0.1) is 6.92 Å². The molecule has 0 unspecified atom stereocenters. The maximum atomic E-state index is 12.5. The normalized spacial score (nSPS) is 10.8. The van der Waals surface area contributed by atoms with E-state index in [1.165, 1.54) is 13.2 Å². The fourth-order valence-electron chi connectivity index (χ4n) is 3.17. The van der Waals surface area contributed by atoms with Crippen molar-refractivity contribution in [3.05, 3.63) is 75.8 Å². The van der Waals surface area contributed by atoms with E-state index in [-0.39, 0.29) is 11.0 Å². The molecule has 162 valence electrons. The number of hydrogen-bond acceptors (Lipinski definition) is 4. The van der Waals surface area contributed by atoms with Crippen molar-refractivity contribution < 1.29 is 9.53 Å². The Balaban J connectivity index is 1.48. The van der Waals surface area contributed by atoms with Crippen molar-refractivity contribution in [3.63, 3.8) is 0 Å². The zero-order valence-corrected chi connectivity index (χ0v) is 19.5. The number of rotatable bonds is 4. The van der Waals surface area contributed by atoms with Gasteiger partial charge in [-0.1, -0.05) is 35.3 Å². The second-order valence-electron chi connectivity index (χ2n) is 7.04. The van der Waals surface area contributed by atoms with Gasteiger partial charge in [0.05, 0.1) is 23.2 Å². The number of benzene rings is 3. The Morgan fingerprint density at radius 2 is 1.91 bits per heavy atom. The molecule has 3 N–H and O–H groups in total. The summed E-state index contributed by atoms with van der Waals surface area (Å²) >= 11 is 17.6. The van der Waals surface area contributed by atoms with Crippen LogP contribution >= 0.6 is 35.4 Å². The van der Waals surface area contributed by atoms with Crippen LogP contribution in [0.5, 0.6) is 5.75 Å². The third-order valence-electron chi connectivity index (χ3n) is 4.80. The summed E-state index contributed by atoms with van der Waals surface area (Å²) in [5.74, 6) is 0.810. The van der Waals surface area contributed by atoms with Gasteiger partial charge in [-0.3, -0.25) is 10.1 Å². The topological polar surface area (TPSA) is 79.0 Å². The Hall–Kier alpha value is -3.13. The van der Waals surface area contributed by atoms with E-state index in [0.717, 1.165) is 22.2 Å². The van der Waals surface area contributed by atoms with Crippen molar-refractivity contribution in [3.8, 4) is 17.1 Å². The van der Waals surface area contributed by atoms with E-state index in [9.17, 15) is 4.79 Å². The Bertz CT molecular complexity index is 1310. The molecule has 0 radical (unpaired) electrons. The molecule has 3 aromatic carbocycles. The average molecular weight is 485 g/mol. The number of hydrogen-bond donors (Lipinski definition) is 3. The maximum Gasteiger partial charge on any atom is 0.257 e. The molecule has 1 amide bonds. The third kappa shape index (κ3) is 4.70. The lowest BCUT2D eigenvalue weighted by atomic mass is 10.2. The van der Waals surface area contributed by atoms with E-state index in [1.54, 1.807) is 12.1 Å². The quantitative estimate of drug-likeness (QED) is 0.310. The van der Waals surface area contributed by atoms with E-state index in [4.69, 9.17) is 40.2 Å². The smallest absolute Gasteiger partial charge is 0.257 e. The van der Waals surface area contributed by atoms with Crippen LogP contribution in [0.1, 0.15) is 15.9 Å². The molecule has 0 aliphatic rings. The number of fused-ring (bicyclic) bond motifs is 1. The number of anilines is 1. The zero-order valence-electron chi connectivity index (χ0n) is 17.1. The first-order valence-corrected chi connectivity index (χ1v) is 10.7. The van der Waals surface area contributed by atoms with Gasteiger partial charge in [-0.2, -0.15) is 0 Å². The van der Waals surface area contributed by atoms with Crippen molar-refractivity contribution in [2.45, 2.75) is 6.92 Å². The van der Waals surface area contributed by atoms with E-state index >= 15 is 0 Å². The molecular formula is C23H18Cl2N4O2S. The number of aromatic nitrogens is 2. The minimum atomic E-state index is -0.382. The van der Waals surface area contributed by atoms with Gasteiger partial charge in [-0.15, -0.1) is 0 Å². The molecule has 9 heteroatoms. The number of aromatic amines is 1. The summed E-state index contributed by atoms with van der Waals surface area (Å²) < 4.78 is 5.10. The zero-order chi connectivity index (χ0) is 22.8. The molecule has 0 aliphatic heterocycles. The summed E-state index contributed by atoms with van der Waals surface area (Å²) in [6, 6.07) is 16.1. The molecule has 0 fully saturated rings. The Morgan fingerprint density at radius 3 is 2.66 bits per heavy atom. The van der Waals surface area contributed by atoms with Crippen LogP contribution in [0.2, 0.25) is 10.0 Å². The number of H-pyrrole nitrogens is 1. The monoisotopic (exact) mass is 484 g/mol. The Labute approximate surface area is 199 Å². The summed E-state index contributed by atoms with van der Waals surface area (Å²) in [4.78, 5) is 20.4. The predicted molar refractivity (Wildman–Crippen MR) is 133 cm³/mol. The van der Waals surface area contributed by atoms with Crippen molar-refractivity contribution in [1.82, 2.24) is 15.3 Å². The van der Waals surface area contributed by atoms with Gasteiger partial charge in [0, 0.05) is 21.8 Å². The van der Waals surface area contributed by atoms with E-state index in [1.807, 2.05) is 43.3 Å². The number of nitrogens with zero attached hydrogens (tertiary/aromatic N) is 1. The number of ether oxygens (including phenoxy) is 1. The standard InChI is InChI=1S/C23H18Cl2N4O2S/c1-12-8-18-19(11-16(12)24)28-21(27-18)13-4-3-5-15(9-13)26-23(32)29-22(30)14-6-7-20(31-2)17(25)10-14/h3-11H,1-2H3,(H,27,28)(H2,26,29,30,32). The van der Waals surface area contributed by atoms with E-state index < -0.39 is 0 Å². The highest BCUT2D eigenvalue weighted by molar-refractivity contribution is 7.80. The lowest BCUT2D eigenvalue weighted by Crippen LogP contribution is -2.34. The van der Waals surface area contributed by atoms with E-state index in [2.05, 4.69) is 20.6 Å². The fourth-order valence-corrected chi connectivity index (χ4v) is 3.79. The molecule has 0 atom stereocenters. The lowest BCUT2D eigenvalue weighted by Gasteiger charge is -2.11. The molecule has 1 aromatic heterocycles. The van der Waals surface area contributed by atoms with Gasteiger partial charge in [0.25, 0.3) is 5.91 Å². The number of carbonyl (C=O) groups is 1. The van der Waals surface area contributed by atoms with Gasteiger partial charge in [0.2, 0.25) is 0 Å². The second kappa shape index (κ2) is 9.16. The SMILES string of the molecule is COc1ccc(C(=O)NC(=S)Nc2cccc(-c3nc4cc(Cl)c(C)cc4[nH]3)c2)cc1Cl. The first-order valence-electron chi connectivity index (χ1n) is 9.56. The highest BCUT2D eigenvalue weighted by Crippen LogP contribution is 2.27. The summed E-state index contributed by atoms with van der Waals surface area (Å²) in [5, 5.41) is 6.84. The molecule has 6 nitrogen and oxygen atoms in total. The lowest BCUT2D eigenvalue weighted by molar-refractivity contribution is 0.0977. The molecule has 0 saturated heterocycles. The Morgan fingerprint density at radius 1 is 1.09 bits per heavy atom. The summed E-state index contributed by atoms with van der Waals surface area (Å²) in [5.41, 5.74) is 4.59. The second-order valence-corrected chi connectivity index (χ2v) is 8.26. The highest BCUT2D eigenvalue weighted by Gasteiger charge is 2.12. The minimum absolute atomic E-state index is 0.158. The Kier molecular flexibility index (Phi) is 6.32. The number of methoxy groups -OCH3 is 1. The van der Waals surface area contributed by atoms with Crippen LogP contribution in [0.3, 0.4) is 0 Å². The van der Waals surface area contributed by atoms with Gasteiger partial charge >= 0.3 is 0 Å². The molecule has 32 heavy (non-hydrogen) atoms. The van der Waals surface area contributed by atoms with Crippen molar-refractivity contribution in [1.29, 1.82) is 0 Å². The summed E-state index contributed by atoms with van der Waals surface area (Å²) in [6.45, 7) is 1.95. The summed E-state index contributed by atoms with van der Waals surface area (Å²) in [6.07, 6.45) is 0. The number of carbonyl (C=O) groups excluding carboxylic acids is 1. The van der Waals surface area contributed by atoms with Gasteiger partial charge in [0.1, 0.15) is 11.6 Å². The van der Waals surface area contributed by atoms with Crippen LogP contribution in [0.15, 0.2) is 54.6 Å².